The van der Waals surface area contributed by atoms with Crippen LogP contribution in [0.3, 0.4) is 0 Å². The van der Waals surface area contributed by atoms with Crippen LogP contribution in [0.1, 0.15) is 0 Å². The first-order valence-corrected chi connectivity index (χ1v) is 40.8. The highest BCUT2D eigenvalue weighted by Gasteiger charge is 2.19. The van der Waals surface area contributed by atoms with Crippen molar-refractivity contribution in [1.82, 2.24) is 50.1 Å². The summed E-state index contributed by atoms with van der Waals surface area (Å²) in [5.41, 5.74) is 28.7. The first-order valence-electron chi connectivity index (χ1n) is 39.1. The lowest BCUT2D eigenvalue weighted by atomic mass is 9.97. The van der Waals surface area contributed by atoms with Crippen molar-refractivity contribution in [3.63, 3.8) is 0 Å². The van der Waals surface area contributed by atoms with Crippen molar-refractivity contribution < 1.29 is 0 Å². The van der Waals surface area contributed by atoms with E-state index in [0.29, 0.717) is 34.9 Å². The molecule has 552 valence electrons. The van der Waals surface area contributed by atoms with Crippen LogP contribution in [0.15, 0.2) is 400 Å². The predicted octanol–water partition coefficient (Wildman–Crippen LogP) is 27.7. The Hall–Kier alpha value is -15.3. The Morgan fingerprint density at radius 3 is 0.864 bits per heavy atom. The Kier molecular flexibility index (Phi) is 18.4. The van der Waals surface area contributed by atoms with Crippen molar-refractivity contribution in [2.24, 2.45) is 0 Å². The molecular weight excluding hydrogens is 1480 g/mol. The molecule has 0 radical (unpaired) electrons. The van der Waals surface area contributed by atoms with E-state index in [9.17, 15) is 0 Å². The van der Waals surface area contributed by atoms with E-state index in [1.165, 1.54) is 47.5 Å². The van der Waals surface area contributed by atoms with Crippen LogP contribution in [0.2, 0.25) is 0 Å². The van der Waals surface area contributed by atoms with Gasteiger partial charge in [-0.25, -0.2) is 39.9 Å². The molecule has 0 bridgehead atoms. The molecule has 118 heavy (non-hydrogen) atoms. The number of benzene rings is 16. The van der Waals surface area contributed by atoms with Gasteiger partial charge in [-0.2, -0.15) is 0 Å². The molecule has 0 amide bonds. The van der Waals surface area contributed by atoms with Gasteiger partial charge in [0, 0.05) is 64.5 Å². The van der Waals surface area contributed by atoms with Crippen molar-refractivity contribution in [2.75, 3.05) is 0 Å². The average molecular weight is 1540 g/mol. The van der Waals surface area contributed by atoms with Crippen molar-refractivity contribution >= 4 is 85.3 Å². The number of aromatic nitrogens is 10. The zero-order chi connectivity index (χ0) is 78.2. The monoisotopic (exact) mass is 1540 g/mol. The molecule has 0 spiro atoms. The van der Waals surface area contributed by atoms with Gasteiger partial charge >= 0.3 is 0 Å². The summed E-state index contributed by atoms with van der Waals surface area (Å²) in [4.78, 5) is 40.8. The summed E-state index contributed by atoms with van der Waals surface area (Å²) in [6.45, 7) is 0. The second-order valence-corrected chi connectivity index (χ2v) is 31.1. The molecule has 0 aliphatic carbocycles. The standard InChI is InChI=1S/2C53H33N5S/c1-3-10-34(11-4-1)35-24-30-42(31-25-35)51-56-50(41-12-5-2-6-13-41)57-52(58-51)43-32-26-39(27-33-43)37-20-18-36(19-21-37)38-22-28-40(29-23-38)44-15-9-16-46-48(44)55-53-49(54-46)45-14-7-8-17-47(45)59-53;1-3-9-34(10-4-1)35-23-27-42(28-24-35)52-54-51(41-11-5-2-6-12-41)55-53(56-52)43-29-25-39(26-30-43)37-17-15-36(16-18-37)38-19-21-40(22-20-38)44-31-32-48-46(33-44)49-50(59-48)45-13-7-8-14-47(45)57-58-49/h2*1-33H. The Bertz CT molecular complexity index is 7440. The lowest BCUT2D eigenvalue weighted by Crippen LogP contribution is -2.00. The lowest BCUT2D eigenvalue weighted by Gasteiger charge is -2.10. The fraction of sp³-hybridized carbons (Fsp3) is 0. The maximum absolute atomic E-state index is 5.12. The molecule has 22 aromatic rings. The van der Waals surface area contributed by atoms with Crippen molar-refractivity contribution in [2.45, 2.75) is 0 Å². The SMILES string of the molecule is c1ccc(-c2ccc(-c3nc(-c4ccccc4)nc(-c4ccc(-c5ccc(-c6ccc(-c7ccc8sc9c%10ccccc%10nnc9c8c7)cc6)cc5)cc4)n3)cc2)cc1.c1ccc(-c2ccc(-c3nc(-c4ccccc4)nc(-c4ccc(-c5ccc(-c6ccc(-c7cccc8nc9c(nc78)sc7ccccc79)cc6)cc5)cc4)n3)cc2)cc1. The van der Waals surface area contributed by atoms with Gasteiger partial charge in [0.05, 0.1) is 21.3 Å². The van der Waals surface area contributed by atoms with Crippen LogP contribution in [0.4, 0.5) is 0 Å². The minimum atomic E-state index is 0.634. The summed E-state index contributed by atoms with van der Waals surface area (Å²) in [6.07, 6.45) is 0. The quantitative estimate of drug-likeness (QED) is 0.104. The molecule has 6 aromatic heterocycles. The molecule has 12 heteroatoms. The molecule has 0 saturated heterocycles. The minimum Gasteiger partial charge on any atom is -0.243 e. The van der Waals surface area contributed by atoms with Crippen LogP contribution >= 0.6 is 22.7 Å². The van der Waals surface area contributed by atoms with Gasteiger partial charge in [-0.15, -0.1) is 32.9 Å². The highest BCUT2D eigenvalue weighted by molar-refractivity contribution is 7.26. The first-order chi connectivity index (χ1) is 58.4. The second-order valence-electron chi connectivity index (χ2n) is 29.1. The maximum Gasteiger partial charge on any atom is 0.164 e. The van der Waals surface area contributed by atoms with Crippen LogP contribution < -0.4 is 0 Å². The highest BCUT2D eigenvalue weighted by Crippen LogP contribution is 2.42. The van der Waals surface area contributed by atoms with E-state index in [0.717, 1.165) is 138 Å². The third kappa shape index (κ3) is 14.1. The van der Waals surface area contributed by atoms with Crippen LogP contribution in [-0.2, 0) is 0 Å². The molecule has 16 aromatic carbocycles. The zero-order valence-electron chi connectivity index (χ0n) is 63.4. The molecule has 0 aliphatic heterocycles. The smallest absolute Gasteiger partial charge is 0.164 e. The van der Waals surface area contributed by atoms with E-state index in [4.69, 9.17) is 39.9 Å². The van der Waals surface area contributed by atoms with Crippen LogP contribution in [0.5, 0.6) is 0 Å². The Labute approximate surface area is 688 Å². The number of nitrogens with zero attached hydrogens (tertiary/aromatic N) is 10. The summed E-state index contributed by atoms with van der Waals surface area (Å²) in [5, 5.41) is 12.6. The van der Waals surface area contributed by atoms with Gasteiger partial charge < -0.3 is 0 Å². The van der Waals surface area contributed by atoms with Gasteiger partial charge in [0.2, 0.25) is 0 Å². The van der Waals surface area contributed by atoms with E-state index in [2.05, 4.69) is 326 Å². The molecule has 0 aliphatic rings. The second kappa shape index (κ2) is 30.9. The van der Waals surface area contributed by atoms with E-state index < -0.39 is 0 Å². The summed E-state index contributed by atoms with van der Waals surface area (Å²) >= 11 is 3.48. The number of para-hydroxylation sites is 1. The fourth-order valence-corrected chi connectivity index (χ4v) is 17.6. The van der Waals surface area contributed by atoms with Gasteiger partial charge in [0.25, 0.3) is 0 Å². The average Bonchev–Trinajstić information content (AvgIpc) is 1.61. The summed E-state index contributed by atoms with van der Waals surface area (Å²) in [5.74, 6) is 3.84. The molecule has 10 nitrogen and oxygen atoms in total. The van der Waals surface area contributed by atoms with E-state index in [1.54, 1.807) is 22.7 Å². The summed E-state index contributed by atoms with van der Waals surface area (Å²) in [6, 6.07) is 139. The van der Waals surface area contributed by atoms with Gasteiger partial charge in [0.15, 0.2) is 34.9 Å². The number of thiophene rings is 2. The van der Waals surface area contributed by atoms with E-state index >= 15 is 0 Å². The van der Waals surface area contributed by atoms with Gasteiger partial charge in [0.1, 0.15) is 15.9 Å². The Morgan fingerprint density at radius 1 is 0.161 bits per heavy atom. The lowest BCUT2D eigenvalue weighted by molar-refractivity contribution is 1.07. The Balaban J connectivity index is 0.000000147. The molecule has 0 atom stereocenters. The van der Waals surface area contributed by atoms with Crippen molar-refractivity contribution in [3.05, 3.63) is 400 Å². The summed E-state index contributed by atoms with van der Waals surface area (Å²) in [7, 11) is 0. The predicted molar refractivity (Wildman–Crippen MR) is 488 cm³/mol. The van der Waals surface area contributed by atoms with Crippen LogP contribution in [-0.4, -0.2) is 50.1 Å². The van der Waals surface area contributed by atoms with Gasteiger partial charge in [-0.05, 0) is 114 Å². The van der Waals surface area contributed by atoms with Gasteiger partial charge in [-0.1, -0.05) is 370 Å². The molecule has 0 N–H and O–H groups in total. The zero-order valence-corrected chi connectivity index (χ0v) is 65.0. The topological polar surface area (TPSA) is 129 Å². The highest BCUT2D eigenvalue weighted by atomic mass is 32.1. The molecular formula is C106H66N10S2. The fourth-order valence-electron chi connectivity index (χ4n) is 15.4. The summed E-state index contributed by atoms with van der Waals surface area (Å²) < 4.78 is 3.62. The molecule has 6 heterocycles. The third-order valence-corrected chi connectivity index (χ3v) is 24.0. The normalized spacial score (nSPS) is 11.4. The van der Waals surface area contributed by atoms with Crippen LogP contribution in [0.25, 0.3) is 220 Å². The molecule has 0 saturated carbocycles. The van der Waals surface area contributed by atoms with Crippen LogP contribution in [0, 0.1) is 0 Å². The molecule has 22 rings (SSSR count). The first kappa shape index (κ1) is 70.5. The number of hydrogen-bond acceptors (Lipinski definition) is 12. The van der Waals surface area contributed by atoms with Crippen molar-refractivity contribution in [3.8, 4) is 157 Å². The maximum atomic E-state index is 5.12. The van der Waals surface area contributed by atoms with Crippen molar-refractivity contribution in [1.29, 1.82) is 0 Å². The Morgan fingerprint density at radius 2 is 0.458 bits per heavy atom. The largest absolute Gasteiger partial charge is 0.243 e. The third-order valence-electron chi connectivity index (χ3n) is 21.7. The number of hydrogen-bond donors (Lipinski definition) is 0. The minimum absolute atomic E-state index is 0.634. The molecule has 0 unspecified atom stereocenters. The molecule has 0 fully saturated rings. The van der Waals surface area contributed by atoms with Gasteiger partial charge in [-0.3, -0.25) is 0 Å². The number of rotatable bonds is 14. The number of fused-ring (bicyclic) bond motifs is 9. The van der Waals surface area contributed by atoms with E-state index in [1.807, 2.05) is 84.9 Å². The van der Waals surface area contributed by atoms with E-state index in [-0.39, 0.29) is 0 Å².